The second-order valence-electron chi connectivity index (χ2n) is 7.35. The van der Waals surface area contributed by atoms with Crippen molar-refractivity contribution in [1.29, 1.82) is 0 Å². The SMILES string of the molecule is C[N+]1(Cc2ccccc2)C2CCC1C(=O)N(Cc1ccccc1)C2=O.[I-]. The van der Waals surface area contributed by atoms with Crippen LogP contribution in [0.15, 0.2) is 60.7 Å². The zero-order chi connectivity index (χ0) is 17.4. The molecule has 0 N–H and O–H groups in total. The van der Waals surface area contributed by atoms with E-state index in [9.17, 15) is 9.59 Å². The number of carbonyl (C=O) groups is 2. The van der Waals surface area contributed by atoms with Gasteiger partial charge in [-0.1, -0.05) is 60.7 Å². The van der Waals surface area contributed by atoms with Gasteiger partial charge in [-0.15, -0.1) is 0 Å². The van der Waals surface area contributed by atoms with Gasteiger partial charge in [0.05, 0.1) is 13.6 Å². The number of carbonyl (C=O) groups excluding carboxylic acids is 2. The minimum Gasteiger partial charge on any atom is -1.00 e. The van der Waals surface area contributed by atoms with Gasteiger partial charge >= 0.3 is 0 Å². The maximum atomic E-state index is 13.1. The molecule has 26 heavy (non-hydrogen) atoms. The molecular formula is C21H23IN2O2. The number of likely N-dealkylation sites (tertiary alicyclic amines) is 1. The van der Waals surface area contributed by atoms with Gasteiger partial charge in [0.15, 0.2) is 12.1 Å². The third-order valence-electron chi connectivity index (χ3n) is 5.79. The van der Waals surface area contributed by atoms with E-state index in [1.54, 1.807) is 0 Å². The highest BCUT2D eigenvalue weighted by Crippen LogP contribution is 2.39. The molecule has 2 amide bonds. The maximum Gasteiger partial charge on any atom is 0.288 e. The Morgan fingerprint density at radius 1 is 0.846 bits per heavy atom. The predicted octanol–water partition coefficient (Wildman–Crippen LogP) is -0.263. The Morgan fingerprint density at radius 3 is 1.81 bits per heavy atom. The molecule has 0 radical (unpaired) electrons. The zero-order valence-electron chi connectivity index (χ0n) is 14.8. The number of fused-ring (bicyclic) bond motifs is 2. The van der Waals surface area contributed by atoms with E-state index in [0.717, 1.165) is 24.9 Å². The summed E-state index contributed by atoms with van der Waals surface area (Å²) in [5.74, 6) is -0.0259. The normalized spacial score (nSPS) is 27.3. The molecular weight excluding hydrogens is 439 g/mol. The highest BCUT2D eigenvalue weighted by Gasteiger charge is 2.60. The van der Waals surface area contributed by atoms with Crippen molar-refractivity contribution >= 4 is 11.8 Å². The topological polar surface area (TPSA) is 37.4 Å². The molecule has 2 heterocycles. The largest absolute Gasteiger partial charge is 1.00 e. The van der Waals surface area contributed by atoms with Gasteiger partial charge in [-0.25, -0.2) is 0 Å². The minimum absolute atomic E-state index is 0. The summed E-state index contributed by atoms with van der Waals surface area (Å²) in [6.45, 7) is 1.11. The van der Waals surface area contributed by atoms with Crippen LogP contribution in [0.4, 0.5) is 0 Å². The smallest absolute Gasteiger partial charge is 0.288 e. The van der Waals surface area contributed by atoms with E-state index in [2.05, 4.69) is 19.2 Å². The molecule has 0 aromatic heterocycles. The molecule has 2 aliphatic heterocycles. The van der Waals surface area contributed by atoms with Crippen LogP contribution in [-0.4, -0.2) is 40.3 Å². The van der Waals surface area contributed by atoms with Crippen LogP contribution in [0, 0.1) is 0 Å². The van der Waals surface area contributed by atoms with E-state index in [1.165, 1.54) is 10.5 Å². The van der Waals surface area contributed by atoms with Gasteiger partial charge in [-0.3, -0.25) is 14.5 Å². The number of halogens is 1. The summed E-state index contributed by atoms with van der Waals surface area (Å²) in [7, 11) is 2.07. The van der Waals surface area contributed by atoms with Gasteiger partial charge in [0.25, 0.3) is 11.8 Å². The zero-order valence-corrected chi connectivity index (χ0v) is 17.0. The molecule has 136 valence electrons. The summed E-state index contributed by atoms with van der Waals surface area (Å²) in [5, 5.41) is 0. The van der Waals surface area contributed by atoms with Crippen LogP contribution in [0.5, 0.6) is 0 Å². The van der Waals surface area contributed by atoms with Crippen LogP contribution < -0.4 is 24.0 Å². The van der Waals surface area contributed by atoms with Gasteiger partial charge in [0.1, 0.15) is 6.54 Å². The number of rotatable bonds is 4. The van der Waals surface area contributed by atoms with E-state index >= 15 is 0 Å². The Balaban J connectivity index is 0.00000196. The maximum absolute atomic E-state index is 13.1. The molecule has 2 unspecified atom stereocenters. The highest BCUT2D eigenvalue weighted by molar-refractivity contribution is 6.02. The van der Waals surface area contributed by atoms with E-state index in [4.69, 9.17) is 0 Å². The molecule has 0 aliphatic carbocycles. The second-order valence-corrected chi connectivity index (χ2v) is 7.35. The van der Waals surface area contributed by atoms with E-state index in [0.29, 0.717) is 11.0 Å². The van der Waals surface area contributed by atoms with Crippen molar-refractivity contribution in [2.45, 2.75) is 38.0 Å². The average molecular weight is 462 g/mol. The number of hydrogen-bond donors (Lipinski definition) is 0. The number of imide groups is 1. The number of amides is 2. The minimum atomic E-state index is -0.119. The first kappa shape index (κ1) is 19.0. The lowest BCUT2D eigenvalue weighted by molar-refractivity contribution is -0.942. The molecule has 2 atom stereocenters. The molecule has 2 aliphatic rings. The lowest BCUT2D eigenvalue weighted by atomic mass is 10.0. The fraction of sp³-hybridized carbons (Fsp3) is 0.333. The number of likely N-dealkylation sites (N-methyl/N-ethyl adjacent to an activating group) is 1. The Hall–Kier alpha value is -1.73. The molecule has 2 aromatic rings. The summed E-state index contributed by atoms with van der Waals surface area (Å²) in [6, 6.07) is 19.7. The summed E-state index contributed by atoms with van der Waals surface area (Å²) in [6.07, 6.45) is 1.59. The number of benzene rings is 2. The van der Waals surface area contributed by atoms with Gasteiger partial charge in [0.2, 0.25) is 0 Å². The van der Waals surface area contributed by atoms with E-state index in [1.807, 2.05) is 48.5 Å². The summed E-state index contributed by atoms with van der Waals surface area (Å²) in [5.41, 5.74) is 2.18. The Kier molecular flexibility index (Phi) is 5.48. The van der Waals surface area contributed by atoms with E-state index in [-0.39, 0.29) is 47.9 Å². The van der Waals surface area contributed by atoms with Crippen LogP contribution in [-0.2, 0) is 22.7 Å². The van der Waals surface area contributed by atoms with Crippen LogP contribution in [0.2, 0.25) is 0 Å². The first-order valence-corrected chi connectivity index (χ1v) is 8.87. The quantitative estimate of drug-likeness (QED) is 0.357. The van der Waals surface area contributed by atoms with Crippen molar-refractivity contribution in [3.05, 3.63) is 71.8 Å². The Bertz CT molecular complexity index is 770. The highest BCUT2D eigenvalue weighted by atomic mass is 127. The molecule has 4 nitrogen and oxygen atoms in total. The van der Waals surface area contributed by atoms with Crippen LogP contribution >= 0.6 is 0 Å². The summed E-state index contributed by atoms with van der Waals surface area (Å²) < 4.78 is 0.521. The van der Waals surface area contributed by atoms with Crippen LogP contribution in [0.1, 0.15) is 24.0 Å². The number of piperazine rings is 1. The van der Waals surface area contributed by atoms with Gasteiger partial charge < -0.3 is 28.5 Å². The van der Waals surface area contributed by atoms with Crippen molar-refractivity contribution in [2.24, 2.45) is 0 Å². The molecule has 4 rings (SSSR count). The average Bonchev–Trinajstić information content (AvgIpc) is 2.90. The predicted molar refractivity (Wildman–Crippen MR) is 95.1 cm³/mol. The molecule has 2 aromatic carbocycles. The first-order chi connectivity index (χ1) is 12.1. The van der Waals surface area contributed by atoms with E-state index < -0.39 is 0 Å². The van der Waals surface area contributed by atoms with Gasteiger partial charge in [-0.05, 0) is 5.56 Å². The Morgan fingerprint density at radius 2 is 1.31 bits per heavy atom. The molecule has 0 saturated carbocycles. The third kappa shape index (κ3) is 3.18. The van der Waals surface area contributed by atoms with Gasteiger partial charge in [-0.2, -0.15) is 0 Å². The molecule has 2 fully saturated rings. The molecule has 5 heteroatoms. The van der Waals surface area contributed by atoms with Crippen molar-refractivity contribution in [3.8, 4) is 0 Å². The molecule has 2 saturated heterocycles. The van der Waals surface area contributed by atoms with Crippen molar-refractivity contribution in [2.75, 3.05) is 7.05 Å². The monoisotopic (exact) mass is 462 g/mol. The third-order valence-corrected chi connectivity index (χ3v) is 5.79. The van der Waals surface area contributed by atoms with Crippen molar-refractivity contribution in [3.63, 3.8) is 0 Å². The summed E-state index contributed by atoms with van der Waals surface area (Å²) >= 11 is 0. The lowest BCUT2D eigenvalue weighted by Crippen LogP contribution is -3.00. The van der Waals surface area contributed by atoms with Crippen LogP contribution in [0.25, 0.3) is 0 Å². The standard InChI is InChI=1S/C21H23N2O2.HI/c1-23(15-17-10-6-3-7-11-17)18-12-13-19(23)21(25)22(20(18)24)14-16-8-4-2-5-9-16;/h2-11,18-19H,12-15H2,1H3;1H/q+1;/p-1. The fourth-order valence-electron chi connectivity index (χ4n) is 4.46. The summed E-state index contributed by atoms with van der Waals surface area (Å²) in [4.78, 5) is 27.7. The number of hydrogen-bond acceptors (Lipinski definition) is 2. The van der Waals surface area contributed by atoms with Gasteiger partial charge in [0, 0.05) is 18.4 Å². The Labute approximate surface area is 171 Å². The van der Waals surface area contributed by atoms with Crippen molar-refractivity contribution in [1.82, 2.24) is 4.90 Å². The lowest BCUT2D eigenvalue weighted by Gasteiger charge is -2.46. The molecule has 2 bridgehead atoms. The fourth-order valence-corrected chi connectivity index (χ4v) is 4.46. The first-order valence-electron chi connectivity index (χ1n) is 8.87. The number of nitrogens with zero attached hydrogens (tertiary/aromatic N) is 2. The second kappa shape index (κ2) is 7.48. The molecule has 0 spiro atoms. The van der Waals surface area contributed by atoms with Crippen molar-refractivity contribution < 1.29 is 38.0 Å². The number of quaternary nitrogens is 1. The van der Waals surface area contributed by atoms with Crippen LogP contribution in [0.3, 0.4) is 0 Å².